The molecule has 0 amide bonds. The standard InChI is InChI=1S/C14H20BrN3O/c1-10-11(8-18-9-12(15)6-17-18)5-13(19-10)7-16-14(2,3)4/h5-6,9,16H,7-8H2,1-4H3. The minimum Gasteiger partial charge on any atom is -0.465 e. The molecular weight excluding hydrogens is 306 g/mol. The van der Waals surface area contributed by atoms with Crippen molar-refractivity contribution in [2.45, 2.75) is 46.3 Å². The second-order valence-electron chi connectivity index (χ2n) is 5.75. The highest BCUT2D eigenvalue weighted by molar-refractivity contribution is 9.10. The van der Waals surface area contributed by atoms with Gasteiger partial charge in [-0.2, -0.15) is 5.10 Å². The number of nitrogens with one attached hydrogen (secondary N) is 1. The average molecular weight is 326 g/mol. The summed E-state index contributed by atoms with van der Waals surface area (Å²) in [6, 6.07) is 2.10. The summed E-state index contributed by atoms with van der Waals surface area (Å²) in [5.41, 5.74) is 1.26. The lowest BCUT2D eigenvalue weighted by Crippen LogP contribution is -2.34. The van der Waals surface area contributed by atoms with Gasteiger partial charge in [-0.1, -0.05) is 0 Å². The van der Waals surface area contributed by atoms with Gasteiger partial charge in [0.25, 0.3) is 0 Å². The highest BCUT2D eigenvalue weighted by Crippen LogP contribution is 2.17. The van der Waals surface area contributed by atoms with E-state index in [-0.39, 0.29) is 5.54 Å². The zero-order valence-corrected chi connectivity index (χ0v) is 13.4. The molecule has 0 fully saturated rings. The maximum atomic E-state index is 5.77. The molecular formula is C14H20BrN3O. The van der Waals surface area contributed by atoms with Gasteiger partial charge in [-0.15, -0.1) is 0 Å². The number of hydrogen-bond donors (Lipinski definition) is 1. The summed E-state index contributed by atoms with van der Waals surface area (Å²) >= 11 is 3.40. The smallest absolute Gasteiger partial charge is 0.118 e. The summed E-state index contributed by atoms with van der Waals surface area (Å²) in [4.78, 5) is 0. The average Bonchev–Trinajstić information content (AvgIpc) is 2.83. The van der Waals surface area contributed by atoms with Crippen LogP contribution in [0.3, 0.4) is 0 Å². The summed E-state index contributed by atoms with van der Waals surface area (Å²) in [5, 5.41) is 7.68. The summed E-state index contributed by atoms with van der Waals surface area (Å²) in [5.74, 6) is 1.92. The van der Waals surface area contributed by atoms with Crippen molar-refractivity contribution in [2.75, 3.05) is 0 Å². The van der Waals surface area contributed by atoms with Gasteiger partial charge in [0.05, 0.1) is 23.8 Å². The van der Waals surface area contributed by atoms with Gasteiger partial charge in [0.1, 0.15) is 11.5 Å². The van der Waals surface area contributed by atoms with E-state index in [1.807, 2.05) is 17.8 Å². The minimum absolute atomic E-state index is 0.0910. The van der Waals surface area contributed by atoms with Crippen LogP contribution in [-0.2, 0) is 13.1 Å². The molecule has 2 rings (SSSR count). The number of aromatic nitrogens is 2. The summed E-state index contributed by atoms with van der Waals surface area (Å²) < 4.78 is 8.65. The Hall–Kier alpha value is -1.07. The van der Waals surface area contributed by atoms with Gasteiger partial charge >= 0.3 is 0 Å². The molecule has 0 aliphatic carbocycles. The molecule has 5 heteroatoms. The molecule has 19 heavy (non-hydrogen) atoms. The van der Waals surface area contributed by atoms with E-state index in [0.29, 0.717) is 0 Å². The van der Waals surface area contributed by atoms with Gasteiger partial charge in [0.15, 0.2) is 0 Å². The molecule has 4 nitrogen and oxygen atoms in total. The topological polar surface area (TPSA) is 43.0 Å². The number of hydrogen-bond acceptors (Lipinski definition) is 3. The Kier molecular flexibility index (Phi) is 4.16. The molecule has 0 aromatic carbocycles. The fourth-order valence-electron chi connectivity index (χ4n) is 1.78. The second kappa shape index (κ2) is 5.51. The Morgan fingerprint density at radius 2 is 2.16 bits per heavy atom. The molecule has 0 bridgehead atoms. The van der Waals surface area contributed by atoms with Gasteiger partial charge in [0.2, 0.25) is 0 Å². The van der Waals surface area contributed by atoms with Crippen molar-refractivity contribution >= 4 is 15.9 Å². The van der Waals surface area contributed by atoms with Crippen LogP contribution in [0.4, 0.5) is 0 Å². The van der Waals surface area contributed by atoms with Crippen molar-refractivity contribution in [3.8, 4) is 0 Å². The number of furan rings is 1. The largest absolute Gasteiger partial charge is 0.465 e. The lowest BCUT2D eigenvalue weighted by Gasteiger charge is -2.19. The van der Waals surface area contributed by atoms with E-state index in [9.17, 15) is 0 Å². The van der Waals surface area contributed by atoms with Crippen molar-refractivity contribution in [1.29, 1.82) is 0 Å². The van der Waals surface area contributed by atoms with Crippen molar-refractivity contribution in [1.82, 2.24) is 15.1 Å². The fraction of sp³-hybridized carbons (Fsp3) is 0.500. The Morgan fingerprint density at radius 1 is 1.42 bits per heavy atom. The Balaban J connectivity index is 2.04. The molecule has 0 atom stereocenters. The first-order valence-electron chi connectivity index (χ1n) is 6.35. The van der Waals surface area contributed by atoms with Crippen molar-refractivity contribution in [2.24, 2.45) is 0 Å². The highest BCUT2D eigenvalue weighted by atomic mass is 79.9. The molecule has 0 radical (unpaired) electrons. The lowest BCUT2D eigenvalue weighted by molar-refractivity contribution is 0.382. The highest BCUT2D eigenvalue weighted by Gasteiger charge is 2.12. The van der Waals surface area contributed by atoms with Gasteiger partial charge < -0.3 is 9.73 Å². The molecule has 2 aromatic heterocycles. The summed E-state index contributed by atoms with van der Waals surface area (Å²) in [6.07, 6.45) is 3.75. The molecule has 2 heterocycles. The van der Waals surface area contributed by atoms with Crippen LogP contribution >= 0.6 is 15.9 Å². The molecule has 1 N–H and O–H groups in total. The number of halogens is 1. The van der Waals surface area contributed by atoms with Gasteiger partial charge in [-0.05, 0) is 49.7 Å². The fourth-order valence-corrected chi connectivity index (χ4v) is 2.11. The van der Waals surface area contributed by atoms with Crippen LogP contribution in [0.25, 0.3) is 0 Å². The van der Waals surface area contributed by atoms with Crippen LogP contribution in [-0.4, -0.2) is 15.3 Å². The summed E-state index contributed by atoms with van der Waals surface area (Å²) in [6.45, 7) is 9.90. The van der Waals surface area contributed by atoms with Gasteiger partial charge in [-0.25, -0.2) is 0 Å². The third-order valence-electron chi connectivity index (χ3n) is 2.80. The van der Waals surface area contributed by atoms with E-state index in [1.54, 1.807) is 6.20 Å². The van der Waals surface area contributed by atoms with E-state index < -0.39 is 0 Å². The molecule has 0 spiro atoms. The lowest BCUT2D eigenvalue weighted by atomic mass is 10.1. The zero-order chi connectivity index (χ0) is 14.0. The minimum atomic E-state index is 0.0910. The first-order chi connectivity index (χ1) is 8.83. The quantitative estimate of drug-likeness (QED) is 0.935. The van der Waals surface area contributed by atoms with Crippen LogP contribution in [0.5, 0.6) is 0 Å². The molecule has 0 saturated heterocycles. The van der Waals surface area contributed by atoms with Crippen LogP contribution in [0, 0.1) is 6.92 Å². The van der Waals surface area contributed by atoms with Crippen LogP contribution in [0.1, 0.15) is 37.9 Å². The molecule has 2 aromatic rings. The van der Waals surface area contributed by atoms with Gasteiger partial charge in [-0.3, -0.25) is 4.68 Å². The van der Waals surface area contributed by atoms with Crippen molar-refractivity contribution in [3.63, 3.8) is 0 Å². The van der Waals surface area contributed by atoms with E-state index in [2.05, 4.69) is 53.2 Å². The maximum absolute atomic E-state index is 5.77. The van der Waals surface area contributed by atoms with Crippen LogP contribution < -0.4 is 5.32 Å². The predicted octanol–water partition coefficient (Wildman–Crippen LogP) is 3.48. The normalized spacial score (nSPS) is 12.1. The van der Waals surface area contributed by atoms with Crippen LogP contribution in [0.15, 0.2) is 27.3 Å². The first kappa shape index (κ1) is 14.3. The maximum Gasteiger partial charge on any atom is 0.118 e. The number of aryl methyl sites for hydroxylation is 1. The molecule has 0 unspecified atom stereocenters. The molecule has 104 valence electrons. The third-order valence-corrected chi connectivity index (χ3v) is 3.21. The predicted molar refractivity (Wildman–Crippen MR) is 79.1 cm³/mol. The SMILES string of the molecule is Cc1oc(CNC(C)(C)C)cc1Cn1cc(Br)cn1. The van der Waals surface area contributed by atoms with E-state index in [1.165, 1.54) is 5.56 Å². The number of rotatable bonds is 4. The molecule has 0 aliphatic rings. The number of nitrogens with zero attached hydrogens (tertiary/aromatic N) is 2. The first-order valence-corrected chi connectivity index (χ1v) is 7.14. The molecule has 0 saturated carbocycles. The Labute approximate surface area is 122 Å². The van der Waals surface area contributed by atoms with E-state index in [0.717, 1.165) is 29.1 Å². The van der Waals surface area contributed by atoms with Crippen molar-refractivity contribution in [3.05, 3.63) is 40.0 Å². The van der Waals surface area contributed by atoms with Crippen LogP contribution in [0.2, 0.25) is 0 Å². The Morgan fingerprint density at radius 3 is 2.74 bits per heavy atom. The van der Waals surface area contributed by atoms with E-state index in [4.69, 9.17) is 4.42 Å². The van der Waals surface area contributed by atoms with E-state index >= 15 is 0 Å². The third kappa shape index (κ3) is 4.21. The van der Waals surface area contributed by atoms with Crippen molar-refractivity contribution < 1.29 is 4.42 Å². The second-order valence-corrected chi connectivity index (χ2v) is 6.67. The molecule has 0 aliphatic heterocycles. The zero-order valence-electron chi connectivity index (χ0n) is 11.8. The monoisotopic (exact) mass is 325 g/mol. The Bertz CT molecular complexity index is 551. The summed E-state index contributed by atoms with van der Waals surface area (Å²) in [7, 11) is 0. The van der Waals surface area contributed by atoms with Gasteiger partial charge in [0, 0.05) is 17.3 Å².